The van der Waals surface area contributed by atoms with Crippen molar-refractivity contribution in [3.63, 3.8) is 0 Å². The van der Waals surface area contributed by atoms with Gasteiger partial charge in [0.05, 0.1) is 26.4 Å². The fraction of sp³-hybridized carbons (Fsp3) is 0.714. The second-order valence-electron chi connectivity index (χ2n) is 8.22. The Bertz CT molecular complexity index is 639. The quantitative estimate of drug-likeness (QED) is 0.497. The van der Waals surface area contributed by atoms with Gasteiger partial charge in [-0.3, -0.25) is 4.90 Å². The number of hydrogen-bond acceptors (Lipinski definition) is 5. The molecule has 28 heavy (non-hydrogen) atoms. The van der Waals surface area contributed by atoms with Crippen LogP contribution in [0, 0.1) is 5.92 Å². The Kier molecular flexibility index (Phi) is 7.50. The van der Waals surface area contributed by atoms with E-state index < -0.39 is 0 Å². The molecule has 1 aliphatic heterocycles. The van der Waals surface area contributed by atoms with E-state index in [2.05, 4.69) is 41.3 Å². The average Bonchev–Trinajstić information content (AvgIpc) is 3.54. The molecular weight excluding hydrogens is 354 g/mol. The molecule has 1 saturated carbocycles. The molecule has 0 radical (unpaired) electrons. The van der Waals surface area contributed by atoms with E-state index >= 15 is 0 Å². The van der Waals surface area contributed by atoms with Gasteiger partial charge in [0.2, 0.25) is 5.88 Å². The molecule has 1 saturated heterocycles. The highest BCUT2D eigenvalue weighted by atomic mass is 16.5. The lowest BCUT2D eigenvalue weighted by molar-refractivity contribution is -0.00834. The number of rotatable bonds is 9. The maximum Gasteiger partial charge on any atom is 0.213 e. The first-order chi connectivity index (χ1) is 13.6. The minimum atomic E-state index is 0.0421. The van der Waals surface area contributed by atoms with Gasteiger partial charge in [0.1, 0.15) is 0 Å². The highest BCUT2D eigenvalue weighted by molar-refractivity contribution is 5.79. The normalized spacial score (nSPS) is 18.8. The summed E-state index contributed by atoms with van der Waals surface area (Å²) >= 11 is 0. The maximum absolute atomic E-state index is 5.78. The predicted molar refractivity (Wildman–Crippen MR) is 112 cm³/mol. The number of hydrogen-bond donors (Lipinski definition) is 2. The first kappa shape index (κ1) is 20.9. The Balaban J connectivity index is 1.53. The molecule has 7 nitrogen and oxygen atoms in total. The van der Waals surface area contributed by atoms with Gasteiger partial charge in [-0.05, 0) is 51.2 Å². The van der Waals surface area contributed by atoms with Gasteiger partial charge in [-0.1, -0.05) is 0 Å². The van der Waals surface area contributed by atoms with Crippen molar-refractivity contribution in [2.75, 3.05) is 46.0 Å². The van der Waals surface area contributed by atoms with E-state index in [9.17, 15) is 0 Å². The molecule has 2 fully saturated rings. The topological polar surface area (TPSA) is 71.0 Å². The second-order valence-corrected chi connectivity index (χ2v) is 8.22. The summed E-state index contributed by atoms with van der Waals surface area (Å²) in [4.78, 5) is 11.5. The Morgan fingerprint density at radius 3 is 2.82 bits per heavy atom. The minimum Gasteiger partial charge on any atom is -0.477 e. The van der Waals surface area contributed by atoms with E-state index in [4.69, 9.17) is 14.5 Å². The van der Waals surface area contributed by atoms with Gasteiger partial charge < -0.3 is 20.1 Å². The van der Waals surface area contributed by atoms with Crippen LogP contribution in [0.15, 0.2) is 23.3 Å². The zero-order valence-electron chi connectivity index (χ0n) is 17.5. The molecule has 0 atom stereocenters. The van der Waals surface area contributed by atoms with E-state index in [0.29, 0.717) is 12.4 Å². The van der Waals surface area contributed by atoms with Crippen LogP contribution in [0.2, 0.25) is 0 Å². The molecule has 1 aliphatic carbocycles. The molecule has 0 amide bonds. The molecule has 0 aromatic carbocycles. The summed E-state index contributed by atoms with van der Waals surface area (Å²) in [5, 5.41) is 6.84. The van der Waals surface area contributed by atoms with Crippen LogP contribution in [0.25, 0.3) is 0 Å². The van der Waals surface area contributed by atoms with E-state index in [-0.39, 0.29) is 5.54 Å². The lowest BCUT2D eigenvalue weighted by Crippen LogP contribution is -2.56. The summed E-state index contributed by atoms with van der Waals surface area (Å²) in [6.45, 7) is 13.2. The number of aromatic nitrogens is 1. The van der Waals surface area contributed by atoms with Crippen molar-refractivity contribution in [3.05, 3.63) is 23.9 Å². The molecule has 1 aromatic rings. The van der Waals surface area contributed by atoms with Crippen LogP contribution in [0.1, 0.15) is 39.2 Å². The molecule has 0 bridgehead atoms. The van der Waals surface area contributed by atoms with Crippen molar-refractivity contribution in [1.29, 1.82) is 0 Å². The number of nitrogens with zero attached hydrogens (tertiary/aromatic N) is 3. The zero-order chi connectivity index (χ0) is 19.8. The van der Waals surface area contributed by atoms with Crippen molar-refractivity contribution in [1.82, 2.24) is 20.5 Å². The first-order valence-corrected chi connectivity index (χ1v) is 10.5. The highest BCUT2D eigenvalue weighted by Gasteiger charge is 2.28. The predicted octanol–water partition coefficient (Wildman–Crippen LogP) is 2.04. The van der Waals surface area contributed by atoms with Crippen LogP contribution in [-0.4, -0.2) is 67.4 Å². The molecule has 2 aliphatic rings. The average molecular weight is 390 g/mol. The standard InChI is InChI=1S/C21H35N5O2/c1-4-22-20(25-16-21(2,3)26-9-11-27-12-10-26)24-14-18-7-8-23-19(13-18)28-15-17-5-6-17/h7-8,13,17H,4-6,9-12,14-16H2,1-3H3,(H2,22,24,25). The molecule has 2 heterocycles. The minimum absolute atomic E-state index is 0.0421. The molecule has 0 spiro atoms. The largest absolute Gasteiger partial charge is 0.477 e. The molecule has 7 heteroatoms. The van der Waals surface area contributed by atoms with Crippen molar-refractivity contribution in [3.8, 4) is 5.88 Å². The smallest absolute Gasteiger partial charge is 0.213 e. The Hall–Kier alpha value is -1.86. The van der Waals surface area contributed by atoms with Crippen LogP contribution < -0.4 is 15.4 Å². The summed E-state index contributed by atoms with van der Waals surface area (Å²) in [7, 11) is 0. The van der Waals surface area contributed by atoms with Gasteiger partial charge in [0.25, 0.3) is 0 Å². The third kappa shape index (κ3) is 6.63. The molecular formula is C21H35N5O2. The monoisotopic (exact) mass is 389 g/mol. The Morgan fingerprint density at radius 2 is 2.11 bits per heavy atom. The van der Waals surface area contributed by atoms with Gasteiger partial charge in [0, 0.05) is 44.0 Å². The third-order valence-corrected chi connectivity index (χ3v) is 5.28. The lowest BCUT2D eigenvalue weighted by Gasteiger charge is -2.41. The molecule has 1 aromatic heterocycles. The highest BCUT2D eigenvalue weighted by Crippen LogP contribution is 2.29. The van der Waals surface area contributed by atoms with Crippen LogP contribution in [0.3, 0.4) is 0 Å². The number of pyridine rings is 1. The first-order valence-electron chi connectivity index (χ1n) is 10.5. The third-order valence-electron chi connectivity index (χ3n) is 5.28. The summed E-state index contributed by atoms with van der Waals surface area (Å²) in [6, 6.07) is 3.99. The maximum atomic E-state index is 5.78. The second kappa shape index (κ2) is 10.1. The molecule has 0 unspecified atom stereocenters. The number of guanidine groups is 1. The van der Waals surface area contributed by atoms with Gasteiger partial charge in [0.15, 0.2) is 5.96 Å². The van der Waals surface area contributed by atoms with Gasteiger partial charge in [-0.15, -0.1) is 0 Å². The van der Waals surface area contributed by atoms with Crippen molar-refractivity contribution >= 4 is 5.96 Å². The van der Waals surface area contributed by atoms with Gasteiger partial charge in [-0.2, -0.15) is 0 Å². The van der Waals surface area contributed by atoms with Crippen LogP contribution in [0.5, 0.6) is 5.88 Å². The van der Waals surface area contributed by atoms with Gasteiger partial charge >= 0.3 is 0 Å². The Morgan fingerprint density at radius 1 is 1.32 bits per heavy atom. The SMILES string of the molecule is CCNC(=NCc1ccnc(OCC2CC2)c1)NCC(C)(C)N1CCOCC1. The van der Waals surface area contributed by atoms with Crippen molar-refractivity contribution in [2.45, 2.75) is 45.7 Å². The zero-order valence-corrected chi connectivity index (χ0v) is 17.5. The lowest BCUT2D eigenvalue weighted by atomic mass is 10.0. The number of morpholine rings is 1. The number of nitrogens with one attached hydrogen (secondary N) is 2. The summed E-state index contributed by atoms with van der Waals surface area (Å²) < 4.78 is 11.3. The number of ether oxygens (including phenoxy) is 2. The molecule has 3 rings (SSSR count). The summed E-state index contributed by atoms with van der Waals surface area (Å²) in [5.41, 5.74) is 1.14. The van der Waals surface area contributed by atoms with E-state index in [0.717, 1.165) is 63.4 Å². The van der Waals surface area contributed by atoms with Crippen LogP contribution in [0.4, 0.5) is 0 Å². The summed E-state index contributed by atoms with van der Waals surface area (Å²) in [5.74, 6) is 2.26. The van der Waals surface area contributed by atoms with E-state index in [1.807, 2.05) is 12.1 Å². The van der Waals surface area contributed by atoms with Gasteiger partial charge in [-0.25, -0.2) is 9.98 Å². The molecule has 2 N–H and O–H groups in total. The summed E-state index contributed by atoms with van der Waals surface area (Å²) in [6.07, 6.45) is 4.36. The number of aliphatic imine (C=N–C) groups is 1. The van der Waals surface area contributed by atoms with Crippen molar-refractivity contribution in [2.24, 2.45) is 10.9 Å². The Labute approximate surface area is 168 Å². The fourth-order valence-corrected chi connectivity index (χ4v) is 3.21. The molecule has 156 valence electrons. The van der Waals surface area contributed by atoms with Crippen molar-refractivity contribution < 1.29 is 9.47 Å². The fourth-order valence-electron chi connectivity index (χ4n) is 3.21. The van der Waals surface area contributed by atoms with Crippen LogP contribution >= 0.6 is 0 Å². The van der Waals surface area contributed by atoms with Crippen LogP contribution in [-0.2, 0) is 11.3 Å². The van der Waals surface area contributed by atoms with E-state index in [1.54, 1.807) is 6.20 Å². The van der Waals surface area contributed by atoms with E-state index in [1.165, 1.54) is 12.8 Å².